The Kier molecular flexibility index (Phi) is 6.72. The highest BCUT2D eigenvalue weighted by Crippen LogP contribution is 2.43. The molecule has 1 N–H and O–H groups in total. The van der Waals surface area contributed by atoms with Crippen molar-refractivity contribution in [2.24, 2.45) is 0 Å². The molecule has 3 aromatic rings. The van der Waals surface area contributed by atoms with Gasteiger partial charge in [0.15, 0.2) is 11.5 Å². The lowest BCUT2D eigenvalue weighted by atomic mass is 9.95. The highest BCUT2D eigenvalue weighted by molar-refractivity contribution is 6.51. The van der Waals surface area contributed by atoms with E-state index in [0.29, 0.717) is 47.3 Å². The molecule has 0 saturated carbocycles. The van der Waals surface area contributed by atoms with E-state index in [1.807, 2.05) is 57.1 Å². The standard InChI is InChI=1S/C30H30N2O6/c1-18(2)38-23-12-5-19(6-13-23)27-26(28(33)20-7-14-24-25(17-20)37-16-15-36-24)29(34)30(35)32(27)22-10-8-21(9-11-22)31(3)4/h5-14,17-18,27,33H,15-16H2,1-4H3/b28-26-. The molecule has 1 amide bonds. The van der Waals surface area contributed by atoms with E-state index in [1.54, 1.807) is 42.5 Å². The van der Waals surface area contributed by atoms with Crippen molar-refractivity contribution in [2.45, 2.75) is 26.0 Å². The number of benzene rings is 3. The van der Waals surface area contributed by atoms with Crippen LogP contribution in [0.4, 0.5) is 11.4 Å². The molecule has 1 atom stereocenters. The molecule has 2 aliphatic rings. The second-order valence-electron chi connectivity index (χ2n) is 9.67. The summed E-state index contributed by atoms with van der Waals surface area (Å²) in [6.45, 7) is 4.70. The molecule has 1 fully saturated rings. The van der Waals surface area contributed by atoms with Gasteiger partial charge in [0.2, 0.25) is 0 Å². The van der Waals surface area contributed by atoms with Crippen LogP contribution >= 0.6 is 0 Å². The number of carbonyl (C=O) groups is 2. The number of aliphatic hydroxyl groups is 1. The molecule has 0 radical (unpaired) electrons. The molecule has 1 saturated heterocycles. The number of fused-ring (bicyclic) bond motifs is 1. The van der Waals surface area contributed by atoms with Gasteiger partial charge in [0.05, 0.1) is 17.7 Å². The van der Waals surface area contributed by atoms with E-state index in [9.17, 15) is 14.7 Å². The highest BCUT2D eigenvalue weighted by Gasteiger charge is 2.47. The molecule has 8 nitrogen and oxygen atoms in total. The van der Waals surface area contributed by atoms with Gasteiger partial charge in [-0.2, -0.15) is 0 Å². The van der Waals surface area contributed by atoms with E-state index in [0.717, 1.165) is 5.69 Å². The molecule has 2 heterocycles. The number of carbonyl (C=O) groups excluding carboxylic acids is 2. The Hall–Kier alpha value is -4.46. The molecular weight excluding hydrogens is 484 g/mol. The Morgan fingerprint density at radius 1 is 0.947 bits per heavy atom. The van der Waals surface area contributed by atoms with Gasteiger partial charge in [-0.25, -0.2) is 0 Å². The summed E-state index contributed by atoms with van der Waals surface area (Å²) in [5.41, 5.74) is 2.52. The van der Waals surface area contributed by atoms with Crippen molar-refractivity contribution in [3.05, 3.63) is 83.4 Å². The Morgan fingerprint density at radius 2 is 1.61 bits per heavy atom. The molecule has 0 aromatic heterocycles. The maximum atomic E-state index is 13.5. The molecular formula is C30H30N2O6. The average molecular weight is 515 g/mol. The Bertz CT molecular complexity index is 1390. The number of nitrogens with zero attached hydrogens (tertiary/aromatic N) is 2. The van der Waals surface area contributed by atoms with Crippen LogP contribution in [0.5, 0.6) is 17.2 Å². The predicted molar refractivity (Wildman–Crippen MR) is 145 cm³/mol. The van der Waals surface area contributed by atoms with E-state index in [-0.39, 0.29) is 17.4 Å². The van der Waals surface area contributed by atoms with Crippen molar-refractivity contribution < 1.29 is 28.9 Å². The fraction of sp³-hybridized carbons (Fsp3) is 0.267. The van der Waals surface area contributed by atoms with Crippen LogP contribution in [-0.2, 0) is 9.59 Å². The zero-order chi connectivity index (χ0) is 27.0. The molecule has 0 spiro atoms. The number of ether oxygens (including phenoxy) is 3. The normalized spacial score (nSPS) is 18.1. The van der Waals surface area contributed by atoms with Crippen LogP contribution in [0.3, 0.4) is 0 Å². The van der Waals surface area contributed by atoms with Gasteiger partial charge in [-0.15, -0.1) is 0 Å². The topological polar surface area (TPSA) is 88.5 Å². The minimum atomic E-state index is -0.846. The third-order valence-corrected chi connectivity index (χ3v) is 6.47. The lowest BCUT2D eigenvalue weighted by Gasteiger charge is -2.26. The van der Waals surface area contributed by atoms with Crippen molar-refractivity contribution in [3.8, 4) is 17.2 Å². The first-order chi connectivity index (χ1) is 18.2. The number of aliphatic hydroxyl groups excluding tert-OH is 1. The zero-order valence-electron chi connectivity index (χ0n) is 21.8. The Morgan fingerprint density at radius 3 is 2.24 bits per heavy atom. The molecule has 0 bridgehead atoms. The molecule has 5 rings (SSSR count). The van der Waals surface area contributed by atoms with Gasteiger partial charge >= 0.3 is 0 Å². The van der Waals surface area contributed by atoms with E-state index >= 15 is 0 Å². The highest BCUT2D eigenvalue weighted by atomic mass is 16.6. The van der Waals surface area contributed by atoms with Crippen LogP contribution in [0, 0.1) is 0 Å². The van der Waals surface area contributed by atoms with Gasteiger partial charge in [-0.05, 0) is 74.0 Å². The molecule has 0 aliphatic carbocycles. The molecule has 2 aliphatic heterocycles. The maximum absolute atomic E-state index is 13.5. The number of rotatable bonds is 6. The van der Waals surface area contributed by atoms with Gasteiger partial charge in [-0.3, -0.25) is 14.5 Å². The fourth-order valence-electron chi connectivity index (χ4n) is 4.67. The number of anilines is 2. The first-order valence-corrected chi connectivity index (χ1v) is 12.5. The minimum absolute atomic E-state index is 0.000826. The quantitative estimate of drug-likeness (QED) is 0.283. The van der Waals surface area contributed by atoms with E-state index in [2.05, 4.69) is 0 Å². The Labute approximate surface area is 221 Å². The summed E-state index contributed by atoms with van der Waals surface area (Å²) in [6, 6.07) is 18.7. The monoisotopic (exact) mass is 514 g/mol. The van der Waals surface area contributed by atoms with E-state index in [4.69, 9.17) is 14.2 Å². The van der Waals surface area contributed by atoms with Gasteiger partial charge < -0.3 is 24.2 Å². The van der Waals surface area contributed by atoms with Crippen LogP contribution in [0.2, 0.25) is 0 Å². The number of Topliss-reactive ketones (excluding diaryl/α,β-unsaturated/α-hetero) is 1. The Balaban J connectivity index is 1.64. The zero-order valence-corrected chi connectivity index (χ0v) is 21.8. The van der Waals surface area contributed by atoms with Crippen molar-refractivity contribution in [1.29, 1.82) is 0 Å². The molecule has 8 heteroatoms. The van der Waals surface area contributed by atoms with Crippen LogP contribution in [0.1, 0.15) is 31.0 Å². The van der Waals surface area contributed by atoms with Crippen molar-refractivity contribution in [3.63, 3.8) is 0 Å². The second kappa shape index (κ2) is 10.1. The summed E-state index contributed by atoms with van der Waals surface area (Å²) in [4.78, 5) is 30.3. The van der Waals surface area contributed by atoms with Crippen LogP contribution < -0.4 is 24.0 Å². The predicted octanol–water partition coefficient (Wildman–Crippen LogP) is 4.94. The molecule has 3 aromatic carbocycles. The molecule has 196 valence electrons. The average Bonchev–Trinajstić information content (AvgIpc) is 3.18. The first kappa shape index (κ1) is 25.2. The molecule has 1 unspecified atom stereocenters. The number of hydrogen-bond acceptors (Lipinski definition) is 7. The third-order valence-electron chi connectivity index (χ3n) is 6.47. The first-order valence-electron chi connectivity index (χ1n) is 12.5. The van der Waals surface area contributed by atoms with Gasteiger partial charge in [0.1, 0.15) is 24.7 Å². The summed E-state index contributed by atoms with van der Waals surface area (Å²) in [5, 5.41) is 11.4. The minimum Gasteiger partial charge on any atom is -0.507 e. The van der Waals surface area contributed by atoms with Gasteiger partial charge in [-0.1, -0.05) is 12.1 Å². The SMILES string of the molecule is CC(C)Oc1ccc(C2/C(=C(/O)c3ccc4c(c3)OCCO4)C(=O)C(=O)N2c2ccc(N(C)C)cc2)cc1. The van der Waals surface area contributed by atoms with E-state index in [1.165, 1.54) is 4.90 Å². The second-order valence-corrected chi connectivity index (χ2v) is 9.67. The van der Waals surface area contributed by atoms with Gasteiger partial charge in [0.25, 0.3) is 11.7 Å². The number of hydrogen-bond donors (Lipinski definition) is 1. The largest absolute Gasteiger partial charge is 0.507 e. The van der Waals surface area contributed by atoms with Crippen LogP contribution in [-0.4, -0.2) is 50.2 Å². The summed E-state index contributed by atoms with van der Waals surface area (Å²) in [5.74, 6) is -0.0500. The van der Waals surface area contributed by atoms with Crippen molar-refractivity contribution >= 4 is 28.8 Å². The smallest absolute Gasteiger partial charge is 0.300 e. The summed E-state index contributed by atoms with van der Waals surface area (Å²) in [7, 11) is 3.85. The van der Waals surface area contributed by atoms with Crippen molar-refractivity contribution in [2.75, 3.05) is 37.1 Å². The van der Waals surface area contributed by atoms with Crippen LogP contribution in [0.15, 0.2) is 72.3 Å². The van der Waals surface area contributed by atoms with Crippen LogP contribution in [0.25, 0.3) is 5.76 Å². The van der Waals surface area contributed by atoms with Gasteiger partial charge in [0, 0.05) is 31.0 Å². The number of ketones is 1. The lowest BCUT2D eigenvalue weighted by Crippen LogP contribution is -2.29. The van der Waals surface area contributed by atoms with E-state index < -0.39 is 17.7 Å². The summed E-state index contributed by atoms with van der Waals surface area (Å²) >= 11 is 0. The third kappa shape index (κ3) is 4.65. The fourth-order valence-corrected chi connectivity index (χ4v) is 4.67. The summed E-state index contributed by atoms with van der Waals surface area (Å²) in [6.07, 6.45) is -0.00287. The molecule has 38 heavy (non-hydrogen) atoms. The lowest BCUT2D eigenvalue weighted by molar-refractivity contribution is -0.132. The maximum Gasteiger partial charge on any atom is 0.300 e. The number of amides is 1. The van der Waals surface area contributed by atoms with Crippen molar-refractivity contribution in [1.82, 2.24) is 0 Å². The summed E-state index contributed by atoms with van der Waals surface area (Å²) < 4.78 is 17.0.